The largest absolute Gasteiger partial charge is 0.256 e. The van der Waals surface area contributed by atoms with Crippen LogP contribution < -0.4 is 0 Å². The van der Waals surface area contributed by atoms with Crippen molar-refractivity contribution in [1.82, 2.24) is 4.98 Å². The van der Waals surface area contributed by atoms with Crippen LogP contribution in [0.1, 0.15) is 11.1 Å². The van der Waals surface area contributed by atoms with Crippen LogP contribution in [-0.4, -0.2) is 4.98 Å². The van der Waals surface area contributed by atoms with Crippen molar-refractivity contribution in [3.63, 3.8) is 0 Å². The summed E-state index contributed by atoms with van der Waals surface area (Å²) in [5, 5.41) is 1.26. The van der Waals surface area contributed by atoms with Crippen LogP contribution in [0, 0.1) is 13.8 Å². The Labute approximate surface area is 84.2 Å². The van der Waals surface area contributed by atoms with Gasteiger partial charge in [0.2, 0.25) is 0 Å². The number of hydrogen-bond donors (Lipinski definition) is 0. The minimum Gasteiger partial charge on any atom is -0.256 e. The molecule has 0 bridgehead atoms. The van der Waals surface area contributed by atoms with Crippen LogP contribution in [0.5, 0.6) is 0 Å². The summed E-state index contributed by atoms with van der Waals surface area (Å²) in [5.74, 6) is 0. The van der Waals surface area contributed by atoms with Gasteiger partial charge in [0.05, 0.1) is 5.52 Å². The maximum absolute atomic E-state index is 4.28. The molecular formula is C11H12ClN. The smallest absolute Gasteiger partial charge is 0.0704 e. The van der Waals surface area contributed by atoms with Gasteiger partial charge >= 0.3 is 0 Å². The summed E-state index contributed by atoms with van der Waals surface area (Å²) in [7, 11) is 0. The second-order valence-corrected chi connectivity index (χ2v) is 3.08. The Hall–Kier alpha value is -1.08. The third-order valence-corrected chi connectivity index (χ3v) is 2.33. The Balaban J connectivity index is 0.000000845. The van der Waals surface area contributed by atoms with Gasteiger partial charge < -0.3 is 0 Å². The van der Waals surface area contributed by atoms with Crippen LogP contribution in [0.4, 0.5) is 0 Å². The first-order valence-electron chi connectivity index (χ1n) is 4.10. The Morgan fingerprint density at radius 2 is 1.85 bits per heavy atom. The molecular weight excluding hydrogens is 182 g/mol. The highest BCUT2D eigenvalue weighted by atomic mass is 35.5. The number of rotatable bonds is 0. The molecule has 2 heteroatoms. The van der Waals surface area contributed by atoms with Crippen LogP contribution in [0.25, 0.3) is 10.9 Å². The number of nitrogens with zero attached hydrogens (tertiary/aromatic N) is 1. The molecule has 0 aliphatic carbocycles. The van der Waals surface area contributed by atoms with Gasteiger partial charge in [0.1, 0.15) is 0 Å². The summed E-state index contributed by atoms with van der Waals surface area (Å²) in [4.78, 5) is 4.28. The summed E-state index contributed by atoms with van der Waals surface area (Å²) in [6.45, 7) is 4.27. The van der Waals surface area contributed by atoms with Gasteiger partial charge in [-0.15, -0.1) is 12.4 Å². The van der Waals surface area contributed by atoms with Crippen LogP contribution in [-0.2, 0) is 0 Å². The van der Waals surface area contributed by atoms with E-state index in [1.54, 1.807) is 0 Å². The van der Waals surface area contributed by atoms with Crippen LogP contribution in [0.15, 0.2) is 30.5 Å². The zero-order valence-electron chi connectivity index (χ0n) is 7.74. The highest BCUT2D eigenvalue weighted by molar-refractivity contribution is 5.85. The first-order valence-corrected chi connectivity index (χ1v) is 4.10. The quantitative estimate of drug-likeness (QED) is 0.626. The van der Waals surface area contributed by atoms with E-state index in [1.807, 2.05) is 12.3 Å². The lowest BCUT2D eigenvalue weighted by atomic mass is 10.0. The van der Waals surface area contributed by atoms with Crippen molar-refractivity contribution in [2.45, 2.75) is 13.8 Å². The third kappa shape index (κ3) is 1.65. The fourth-order valence-electron chi connectivity index (χ4n) is 1.41. The van der Waals surface area contributed by atoms with E-state index in [-0.39, 0.29) is 12.4 Å². The Kier molecular flexibility index (Phi) is 2.89. The fraction of sp³-hybridized carbons (Fsp3) is 0.182. The zero-order chi connectivity index (χ0) is 8.55. The van der Waals surface area contributed by atoms with Crippen LogP contribution in [0.3, 0.4) is 0 Å². The molecule has 0 atom stereocenters. The predicted molar refractivity (Wildman–Crippen MR) is 58.5 cm³/mol. The monoisotopic (exact) mass is 193 g/mol. The summed E-state index contributed by atoms with van der Waals surface area (Å²) in [6, 6.07) is 8.28. The lowest BCUT2D eigenvalue weighted by molar-refractivity contribution is 1.34. The van der Waals surface area contributed by atoms with Crippen molar-refractivity contribution in [3.05, 3.63) is 41.6 Å². The second-order valence-electron chi connectivity index (χ2n) is 3.08. The molecule has 1 aromatic heterocycles. The van der Waals surface area contributed by atoms with Crippen molar-refractivity contribution in [1.29, 1.82) is 0 Å². The van der Waals surface area contributed by atoms with Crippen molar-refractivity contribution in [2.24, 2.45) is 0 Å². The molecule has 1 aromatic carbocycles. The molecule has 1 heterocycles. The molecule has 68 valence electrons. The Morgan fingerprint density at radius 3 is 2.62 bits per heavy atom. The Morgan fingerprint density at radius 1 is 1.08 bits per heavy atom. The average molecular weight is 194 g/mol. The third-order valence-electron chi connectivity index (χ3n) is 2.33. The number of benzene rings is 1. The molecule has 0 spiro atoms. The van der Waals surface area contributed by atoms with Gasteiger partial charge in [-0.05, 0) is 37.1 Å². The van der Waals surface area contributed by atoms with Crippen molar-refractivity contribution in [2.75, 3.05) is 0 Å². The molecule has 0 aliphatic rings. The second kappa shape index (κ2) is 3.75. The summed E-state index contributed by atoms with van der Waals surface area (Å²) in [6.07, 6.45) is 1.83. The molecule has 0 unspecified atom stereocenters. The van der Waals surface area contributed by atoms with Crippen molar-refractivity contribution >= 4 is 23.3 Å². The zero-order valence-corrected chi connectivity index (χ0v) is 8.56. The maximum Gasteiger partial charge on any atom is 0.0704 e. The SMILES string of the molecule is Cc1ccc2ncccc2c1C.Cl. The first-order chi connectivity index (χ1) is 5.79. The molecule has 2 aromatic rings. The molecule has 2 rings (SSSR count). The predicted octanol–water partition coefficient (Wildman–Crippen LogP) is 3.27. The van der Waals surface area contributed by atoms with Gasteiger partial charge in [-0.1, -0.05) is 12.1 Å². The number of fused-ring (bicyclic) bond motifs is 1. The summed E-state index contributed by atoms with van der Waals surface area (Å²) < 4.78 is 0. The minimum absolute atomic E-state index is 0. The number of aromatic nitrogens is 1. The van der Waals surface area contributed by atoms with E-state index >= 15 is 0 Å². The molecule has 13 heavy (non-hydrogen) atoms. The molecule has 0 amide bonds. The number of hydrogen-bond acceptors (Lipinski definition) is 1. The number of halogens is 1. The van der Waals surface area contributed by atoms with Crippen LogP contribution >= 0.6 is 12.4 Å². The van der Waals surface area contributed by atoms with Gasteiger partial charge in [0.15, 0.2) is 0 Å². The lowest BCUT2D eigenvalue weighted by Gasteiger charge is -2.03. The summed E-state index contributed by atoms with van der Waals surface area (Å²) in [5.41, 5.74) is 3.75. The van der Waals surface area contributed by atoms with E-state index in [2.05, 4.69) is 37.0 Å². The summed E-state index contributed by atoms with van der Waals surface area (Å²) >= 11 is 0. The van der Waals surface area contributed by atoms with E-state index in [0.29, 0.717) is 0 Å². The number of aryl methyl sites for hydroxylation is 2. The van der Waals surface area contributed by atoms with E-state index in [4.69, 9.17) is 0 Å². The van der Waals surface area contributed by atoms with Gasteiger partial charge in [0, 0.05) is 11.6 Å². The van der Waals surface area contributed by atoms with Gasteiger partial charge in [-0.2, -0.15) is 0 Å². The minimum atomic E-state index is 0. The molecule has 0 saturated carbocycles. The van der Waals surface area contributed by atoms with Gasteiger partial charge in [-0.3, -0.25) is 4.98 Å². The normalized spacial score (nSPS) is 9.69. The Bertz CT molecular complexity index is 423. The molecule has 0 aliphatic heterocycles. The first kappa shape index (κ1) is 10.0. The van der Waals surface area contributed by atoms with Gasteiger partial charge in [-0.25, -0.2) is 0 Å². The number of pyridine rings is 1. The van der Waals surface area contributed by atoms with Crippen molar-refractivity contribution in [3.8, 4) is 0 Å². The van der Waals surface area contributed by atoms with Crippen molar-refractivity contribution < 1.29 is 0 Å². The van der Waals surface area contributed by atoms with E-state index in [1.165, 1.54) is 16.5 Å². The molecule has 0 radical (unpaired) electrons. The standard InChI is InChI=1S/C11H11N.ClH/c1-8-5-6-11-10(9(8)2)4-3-7-12-11;/h3-7H,1-2H3;1H. The fourth-order valence-corrected chi connectivity index (χ4v) is 1.41. The highest BCUT2D eigenvalue weighted by Crippen LogP contribution is 2.18. The van der Waals surface area contributed by atoms with E-state index in [0.717, 1.165) is 5.52 Å². The maximum atomic E-state index is 4.28. The van der Waals surface area contributed by atoms with Gasteiger partial charge in [0.25, 0.3) is 0 Å². The lowest BCUT2D eigenvalue weighted by Crippen LogP contribution is -1.84. The molecule has 1 nitrogen and oxygen atoms in total. The topological polar surface area (TPSA) is 12.9 Å². The van der Waals surface area contributed by atoms with Crippen LogP contribution in [0.2, 0.25) is 0 Å². The molecule has 0 saturated heterocycles. The highest BCUT2D eigenvalue weighted by Gasteiger charge is 1.98. The van der Waals surface area contributed by atoms with E-state index in [9.17, 15) is 0 Å². The average Bonchev–Trinajstić information content (AvgIpc) is 2.12. The van der Waals surface area contributed by atoms with E-state index < -0.39 is 0 Å². The molecule has 0 N–H and O–H groups in total. The molecule has 0 fully saturated rings.